The monoisotopic (exact) mass is 213 g/mol. The topological polar surface area (TPSA) is 23.5 Å². The van der Waals surface area contributed by atoms with Crippen LogP contribution in [0, 0.1) is 13.8 Å². The molecule has 0 saturated carbocycles. The van der Waals surface area contributed by atoms with Gasteiger partial charge in [0.1, 0.15) is 5.75 Å². The van der Waals surface area contributed by atoms with E-state index < -0.39 is 0 Å². The van der Waals surface area contributed by atoms with Crippen molar-refractivity contribution in [3.05, 3.63) is 27.8 Å². The number of phenolic OH excluding ortho intramolecular Hbond substituents is 1. The fraction of sp³-hybridized carbons (Fsp3) is 0.455. The third-order valence-electron chi connectivity index (χ3n) is 2.29. The van der Waals surface area contributed by atoms with Crippen molar-refractivity contribution in [3.8, 4) is 5.75 Å². The number of phenols is 1. The Morgan fingerprint density at radius 2 is 1.93 bits per heavy atom. The number of aromatic hydroxyl groups is 1. The lowest BCUT2D eigenvalue weighted by Crippen LogP contribution is -2.12. The van der Waals surface area contributed by atoms with E-state index in [2.05, 4.69) is 0 Å². The van der Waals surface area contributed by atoms with E-state index in [-0.39, 0.29) is 0 Å². The van der Waals surface area contributed by atoms with E-state index in [1.165, 1.54) is 0 Å². The Morgan fingerprint density at radius 1 is 1.36 bits per heavy atom. The van der Waals surface area contributed by atoms with Gasteiger partial charge >= 0.3 is 0 Å². The standard InChI is InChI=1S/C11H16ClNO/c1-7-5-10(12)8(2)9(11(7)14)6-13(3)4/h5,14H,6H2,1-4H3. The third kappa shape index (κ3) is 2.20. The Bertz CT molecular complexity index is 321. The van der Waals surface area contributed by atoms with Gasteiger partial charge in [-0.05, 0) is 45.1 Å². The maximum absolute atomic E-state index is 9.87. The van der Waals surface area contributed by atoms with E-state index in [0.717, 1.165) is 21.7 Å². The van der Waals surface area contributed by atoms with Crippen LogP contribution in [0.2, 0.25) is 5.02 Å². The highest BCUT2D eigenvalue weighted by Gasteiger charge is 2.11. The average molecular weight is 214 g/mol. The van der Waals surface area contributed by atoms with E-state index >= 15 is 0 Å². The Kier molecular flexibility index (Phi) is 3.40. The van der Waals surface area contributed by atoms with E-state index in [0.29, 0.717) is 12.3 Å². The second-order valence-electron chi connectivity index (χ2n) is 3.87. The molecule has 0 aliphatic carbocycles. The first-order chi connectivity index (χ1) is 6.43. The van der Waals surface area contributed by atoms with Crippen LogP contribution in [0.25, 0.3) is 0 Å². The predicted molar refractivity (Wildman–Crippen MR) is 60.0 cm³/mol. The molecule has 0 bridgehead atoms. The predicted octanol–water partition coefficient (Wildman–Crippen LogP) is 2.72. The summed E-state index contributed by atoms with van der Waals surface area (Å²) in [5, 5.41) is 10.6. The first-order valence-electron chi connectivity index (χ1n) is 4.55. The van der Waals surface area contributed by atoms with Crippen LogP contribution >= 0.6 is 11.6 Å². The summed E-state index contributed by atoms with van der Waals surface area (Å²) in [7, 11) is 3.93. The minimum atomic E-state index is 0.362. The summed E-state index contributed by atoms with van der Waals surface area (Å²) >= 11 is 6.04. The molecule has 1 rings (SSSR count). The van der Waals surface area contributed by atoms with Gasteiger partial charge in [-0.15, -0.1) is 0 Å². The average Bonchev–Trinajstić information content (AvgIpc) is 2.09. The highest BCUT2D eigenvalue weighted by Crippen LogP contribution is 2.31. The van der Waals surface area contributed by atoms with Gasteiger partial charge in [0.05, 0.1) is 0 Å². The summed E-state index contributed by atoms with van der Waals surface area (Å²) in [4.78, 5) is 2.01. The lowest BCUT2D eigenvalue weighted by molar-refractivity contribution is 0.383. The van der Waals surface area contributed by atoms with Crippen LogP contribution in [-0.2, 0) is 6.54 Å². The SMILES string of the molecule is Cc1cc(Cl)c(C)c(CN(C)C)c1O. The second-order valence-corrected chi connectivity index (χ2v) is 4.27. The van der Waals surface area contributed by atoms with Gasteiger partial charge in [0, 0.05) is 17.1 Å². The molecule has 1 aromatic carbocycles. The van der Waals surface area contributed by atoms with E-state index in [4.69, 9.17) is 11.6 Å². The van der Waals surface area contributed by atoms with Crippen molar-refractivity contribution in [1.82, 2.24) is 4.90 Å². The first kappa shape index (κ1) is 11.3. The van der Waals surface area contributed by atoms with Crippen molar-refractivity contribution in [2.75, 3.05) is 14.1 Å². The molecule has 0 fully saturated rings. The minimum absolute atomic E-state index is 0.362. The molecule has 0 unspecified atom stereocenters. The van der Waals surface area contributed by atoms with Crippen molar-refractivity contribution in [3.63, 3.8) is 0 Å². The van der Waals surface area contributed by atoms with Gasteiger partial charge in [0.15, 0.2) is 0 Å². The molecule has 0 aliphatic heterocycles. The van der Waals surface area contributed by atoms with Gasteiger partial charge in [-0.3, -0.25) is 0 Å². The molecule has 0 heterocycles. The zero-order valence-corrected chi connectivity index (χ0v) is 9.81. The summed E-state index contributed by atoms with van der Waals surface area (Å²) in [5.74, 6) is 0.362. The van der Waals surface area contributed by atoms with Gasteiger partial charge in [0.2, 0.25) is 0 Å². The summed E-state index contributed by atoms with van der Waals surface area (Å²) in [5.41, 5.74) is 2.71. The van der Waals surface area contributed by atoms with Crippen molar-refractivity contribution >= 4 is 11.6 Å². The quantitative estimate of drug-likeness (QED) is 0.817. The lowest BCUT2D eigenvalue weighted by atomic mass is 10.0. The fourth-order valence-electron chi connectivity index (χ4n) is 1.44. The molecule has 0 saturated heterocycles. The molecule has 78 valence electrons. The number of benzene rings is 1. The van der Waals surface area contributed by atoms with Crippen molar-refractivity contribution in [2.45, 2.75) is 20.4 Å². The van der Waals surface area contributed by atoms with E-state index in [9.17, 15) is 5.11 Å². The molecular formula is C11H16ClNO. The second kappa shape index (κ2) is 4.20. The van der Waals surface area contributed by atoms with Crippen LogP contribution in [-0.4, -0.2) is 24.1 Å². The number of hydrogen-bond donors (Lipinski definition) is 1. The van der Waals surface area contributed by atoms with Crippen molar-refractivity contribution < 1.29 is 5.11 Å². The maximum Gasteiger partial charge on any atom is 0.123 e. The van der Waals surface area contributed by atoms with E-state index in [1.807, 2.05) is 32.8 Å². The summed E-state index contributed by atoms with van der Waals surface area (Å²) in [6.45, 7) is 4.50. The summed E-state index contributed by atoms with van der Waals surface area (Å²) < 4.78 is 0. The Labute approximate surface area is 90.1 Å². The number of nitrogens with zero attached hydrogens (tertiary/aromatic N) is 1. The maximum atomic E-state index is 9.87. The molecule has 0 atom stereocenters. The zero-order valence-electron chi connectivity index (χ0n) is 9.06. The van der Waals surface area contributed by atoms with Crippen LogP contribution in [0.1, 0.15) is 16.7 Å². The summed E-state index contributed by atoms with van der Waals surface area (Å²) in [6.07, 6.45) is 0. The zero-order chi connectivity index (χ0) is 10.9. The van der Waals surface area contributed by atoms with Crippen molar-refractivity contribution in [2.24, 2.45) is 0 Å². The van der Waals surface area contributed by atoms with Gasteiger partial charge < -0.3 is 10.0 Å². The van der Waals surface area contributed by atoms with E-state index in [1.54, 1.807) is 6.07 Å². The third-order valence-corrected chi connectivity index (χ3v) is 2.68. The van der Waals surface area contributed by atoms with Crippen molar-refractivity contribution in [1.29, 1.82) is 0 Å². The molecule has 2 nitrogen and oxygen atoms in total. The van der Waals surface area contributed by atoms with Gasteiger partial charge in [-0.2, -0.15) is 0 Å². The van der Waals surface area contributed by atoms with Crippen LogP contribution in [0.5, 0.6) is 5.75 Å². The molecule has 14 heavy (non-hydrogen) atoms. The molecule has 0 radical (unpaired) electrons. The number of rotatable bonds is 2. The number of aryl methyl sites for hydroxylation is 1. The fourth-order valence-corrected chi connectivity index (χ4v) is 1.71. The van der Waals surface area contributed by atoms with Gasteiger partial charge in [-0.25, -0.2) is 0 Å². The molecule has 1 aromatic rings. The Hall–Kier alpha value is -0.730. The highest BCUT2D eigenvalue weighted by atomic mass is 35.5. The molecule has 1 N–H and O–H groups in total. The molecule has 0 aromatic heterocycles. The molecule has 0 aliphatic rings. The normalized spacial score (nSPS) is 11.0. The lowest BCUT2D eigenvalue weighted by Gasteiger charge is -2.16. The Balaban J connectivity index is 3.25. The smallest absolute Gasteiger partial charge is 0.123 e. The summed E-state index contributed by atoms with van der Waals surface area (Å²) in [6, 6.07) is 1.80. The highest BCUT2D eigenvalue weighted by molar-refractivity contribution is 6.31. The Morgan fingerprint density at radius 3 is 2.43 bits per heavy atom. The molecule has 3 heteroatoms. The van der Waals surface area contributed by atoms with Crippen LogP contribution in [0.4, 0.5) is 0 Å². The first-order valence-corrected chi connectivity index (χ1v) is 4.93. The number of hydrogen-bond acceptors (Lipinski definition) is 2. The largest absolute Gasteiger partial charge is 0.507 e. The minimum Gasteiger partial charge on any atom is -0.507 e. The van der Waals surface area contributed by atoms with Crippen LogP contribution in [0.15, 0.2) is 6.07 Å². The molecule has 0 spiro atoms. The van der Waals surface area contributed by atoms with Gasteiger partial charge in [0.25, 0.3) is 0 Å². The van der Waals surface area contributed by atoms with Gasteiger partial charge in [-0.1, -0.05) is 11.6 Å². The van der Waals surface area contributed by atoms with Crippen LogP contribution < -0.4 is 0 Å². The number of halogens is 1. The van der Waals surface area contributed by atoms with Crippen LogP contribution in [0.3, 0.4) is 0 Å². The molecule has 0 amide bonds. The molecular weight excluding hydrogens is 198 g/mol.